The van der Waals surface area contributed by atoms with E-state index in [0.717, 1.165) is 36.4 Å². The van der Waals surface area contributed by atoms with E-state index in [-0.39, 0.29) is 12.1 Å². The van der Waals surface area contributed by atoms with Crippen molar-refractivity contribution >= 4 is 16.9 Å². The average Bonchev–Trinajstić information content (AvgIpc) is 2.81. The zero-order chi connectivity index (χ0) is 11.7. The van der Waals surface area contributed by atoms with Crippen LogP contribution in [0.15, 0.2) is 18.6 Å². The summed E-state index contributed by atoms with van der Waals surface area (Å²) in [5, 5.41) is 17.4. The number of nitrogens with one attached hydrogen (secondary N) is 3. The van der Waals surface area contributed by atoms with E-state index in [0.29, 0.717) is 0 Å². The Bertz CT molecular complexity index is 511. The Hall–Kier alpha value is -1.66. The molecule has 0 amide bonds. The number of aliphatic hydroxyl groups is 1. The highest BCUT2D eigenvalue weighted by atomic mass is 16.3. The Kier molecular flexibility index (Phi) is 2.66. The summed E-state index contributed by atoms with van der Waals surface area (Å²) in [7, 11) is 0. The van der Waals surface area contributed by atoms with Crippen molar-refractivity contribution in [3.05, 3.63) is 18.6 Å². The van der Waals surface area contributed by atoms with Crippen LogP contribution in [-0.4, -0.2) is 45.3 Å². The van der Waals surface area contributed by atoms with E-state index in [1.54, 1.807) is 0 Å². The van der Waals surface area contributed by atoms with Gasteiger partial charge in [-0.05, 0) is 19.0 Å². The van der Waals surface area contributed by atoms with Gasteiger partial charge in [-0.2, -0.15) is 0 Å². The van der Waals surface area contributed by atoms with Crippen molar-refractivity contribution in [3.63, 3.8) is 0 Å². The lowest BCUT2D eigenvalue weighted by Gasteiger charge is -2.29. The van der Waals surface area contributed by atoms with Gasteiger partial charge in [0.05, 0.1) is 17.5 Å². The molecular weight excluding hydrogens is 218 g/mol. The van der Waals surface area contributed by atoms with Gasteiger partial charge in [-0.1, -0.05) is 0 Å². The van der Waals surface area contributed by atoms with Gasteiger partial charge in [-0.15, -0.1) is 0 Å². The first-order valence-electron chi connectivity index (χ1n) is 5.78. The predicted molar refractivity (Wildman–Crippen MR) is 64.8 cm³/mol. The Labute approximate surface area is 98.5 Å². The summed E-state index contributed by atoms with van der Waals surface area (Å²) in [6.07, 6.45) is 3.78. The van der Waals surface area contributed by atoms with Crippen molar-refractivity contribution in [1.82, 2.24) is 20.3 Å². The van der Waals surface area contributed by atoms with Crippen LogP contribution >= 0.6 is 0 Å². The van der Waals surface area contributed by atoms with Gasteiger partial charge in [-0.25, -0.2) is 9.97 Å². The van der Waals surface area contributed by atoms with Crippen molar-refractivity contribution in [3.8, 4) is 0 Å². The Balaban J connectivity index is 1.86. The molecule has 90 valence electrons. The molecule has 0 bridgehead atoms. The molecule has 0 aromatic carbocycles. The van der Waals surface area contributed by atoms with E-state index in [2.05, 4.69) is 25.6 Å². The summed E-state index contributed by atoms with van der Waals surface area (Å²) in [6, 6.07) is 1.93. The van der Waals surface area contributed by atoms with E-state index in [4.69, 9.17) is 0 Å². The normalized spacial score (nSPS) is 25.0. The van der Waals surface area contributed by atoms with Crippen LogP contribution in [0.3, 0.4) is 0 Å². The summed E-state index contributed by atoms with van der Waals surface area (Å²) in [5.74, 6) is 0.768. The highest BCUT2D eigenvalue weighted by Crippen LogP contribution is 2.19. The first-order chi connectivity index (χ1) is 8.34. The molecule has 2 aromatic rings. The zero-order valence-electron chi connectivity index (χ0n) is 9.35. The summed E-state index contributed by atoms with van der Waals surface area (Å²) >= 11 is 0. The summed E-state index contributed by atoms with van der Waals surface area (Å²) in [6.45, 7) is 1.61. The van der Waals surface area contributed by atoms with Gasteiger partial charge in [0.2, 0.25) is 0 Å². The van der Waals surface area contributed by atoms with E-state index in [9.17, 15) is 5.11 Å². The number of hydrogen-bond acceptors (Lipinski definition) is 5. The lowest BCUT2D eigenvalue weighted by Crippen LogP contribution is -2.48. The molecule has 1 aliphatic heterocycles. The number of piperidine rings is 1. The van der Waals surface area contributed by atoms with Gasteiger partial charge in [0.1, 0.15) is 17.8 Å². The standard InChI is InChI=1S/C11H15N5O/c17-9-2-3-12-5-8(9)16-11-7-1-4-13-10(7)14-6-15-11/h1,4,6,8-9,12,17H,2-3,5H2,(H2,13,14,15,16)/t8-,9+/m1/s1. The first-order valence-corrected chi connectivity index (χ1v) is 5.78. The van der Waals surface area contributed by atoms with Crippen molar-refractivity contribution in [2.24, 2.45) is 0 Å². The number of aromatic amines is 1. The first kappa shape index (κ1) is 10.5. The van der Waals surface area contributed by atoms with Crippen LogP contribution in [0.2, 0.25) is 0 Å². The fourth-order valence-corrected chi connectivity index (χ4v) is 2.15. The van der Waals surface area contributed by atoms with Crippen molar-refractivity contribution in [2.45, 2.75) is 18.6 Å². The number of aromatic nitrogens is 3. The molecule has 3 heterocycles. The van der Waals surface area contributed by atoms with Gasteiger partial charge in [-0.3, -0.25) is 0 Å². The maximum Gasteiger partial charge on any atom is 0.142 e. The number of rotatable bonds is 2. The van der Waals surface area contributed by atoms with Crippen LogP contribution < -0.4 is 10.6 Å². The van der Waals surface area contributed by atoms with Crippen LogP contribution in [0.5, 0.6) is 0 Å². The lowest BCUT2D eigenvalue weighted by molar-refractivity contribution is 0.124. The van der Waals surface area contributed by atoms with Crippen LogP contribution in [0.1, 0.15) is 6.42 Å². The SMILES string of the molecule is O[C@H]1CCNC[C@H]1Nc1ncnc2[nH]ccc12. The van der Waals surface area contributed by atoms with E-state index in [1.807, 2.05) is 12.3 Å². The molecule has 6 heteroatoms. The van der Waals surface area contributed by atoms with E-state index >= 15 is 0 Å². The highest BCUT2D eigenvalue weighted by molar-refractivity contribution is 5.86. The smallest absolute Gasteiger partial charge is 0.142 e. The molecule has 0 aliphatic carbocycles. The molecule has 0 unspecified atom stereocenters. The maximum atomic E-state index is 9.90. The molecule has 1 fully saturated rings. The molecule has 6 nitrogen and oxygen atoms in total. The Morgan fingerprint density at radius 2 is 2.35 bits per heavy atom. The molecule has 2 atom stereocenters. The molecule has 0 radical (unpaired) electrons. The van der Waals surface area contributed by atoms with E-state index in [1.165, 1.54) is 6.33 Å². The van der Waals surface area contributed by atoms with E-state index < -0.39 is 0 Å². The van der Waals surface area contributed by atoms with Crippen molar-refractivity contribution < 1.29 is 5.11 Å². The highest BCUT2D eigenvalue weighted by Gasteiger charge is 2.23. The number of nitrogens with zero attached hydrogens (tertiary/aromatic N) is 2. The fourth-order valence-electron chi connectivity index (χ4n) is 2.15. The van der Waals surface area contributed by atoms with Gasteiger partial charge in [0.25, 0.3) is 0 Å². The minimum Gasteiger partial charge on any atom is -0.391 e. The summed E-state index contributed by atoms with van der Waals surface area (Å²) in [4.78, 5) is 11.4. The molecule has 1 saturated heterocycles. The number of hydrogen-bond donors (Lipinski definition) is 4. The third-order valence-electron chi connectivity index (χ3n) is 3.12. The largest absolute Gasteiger partial charge is 0.391 e. The monoisotopic (exact) mass is 233 g/mol. The second-order valence-electron chi connectivity index (χ2n) is 4.27. The second-order valence-corrected chi connectivity index (χ2v) is 4.27. The molecular formula is C11H15N5O. The lowest BCUT2D eigenvalue weighted by atomic mass is 10.0. The van der Waals surface area contributed by atoms with Crippen LogP contribution in [0, 0.1) is 0 Å². The maximum absolute atomic E-state index is 9.90. The molecule has 4 N–H and O–H groups in total. The minimum atomic E-state index is -0.333. The topological polar surface area (TPSA) is 85.9 Å². The predicted octanol–water partition coefficient (Wildman–Crippen LogP) is 0.0926. The minimum absolute atomic E-state index is 0.00301. The number of anilines is 1. The Morgan fingerprint density at radius 3 is 3.24 bits per heavy atom. The molecule has 1 aliphatic rings. The van der Waals surface area contributed by atoms with Gasteiger partial charge in [0, 0.05) is 12.7 Å². The summed E-state index contributed by atoms with van der Waals surface area (Å²) < 4.78 is 0. The van der Waals surface area contributed by atoms with Crippen LogP contribution in [-0.2, 0) is 0 Å². The molecule has 0 spiro atoms. The molecule has 3 rings (SSSR count). The van der Waals surface area contributed by atoms with Crippen LogP contribution in [0.25, 0.3) is 11.0 Å². The third-order valence-corrected chi connectivity index (χ3v) is 3.12. The van der Waals surface area contributed by atoms with Gasteiger partial charge in [0.15, 0.2) is 0 Å². The number of fused-ring (bicyclic) bond motifs is 1. The quantitative estimate of drug-likeness (QED) is 0.591. The fraction of sp³-hybridized carbons (Fsp3) is 0.455. The average molecular weight is 233 g/mol. The Morgan fingerprint density at radius 1 is 1.41 bits per heavy atom. The summed E-state index contributed by atoms with van der Waals surface area (Å²) in [5.41, 5.74) is 0.806. The van der Waals surface area contributed by atoms with Crippen molar-refractivity contribution in [2.75, 3.05) is 18.4 Å². The molecule has 0 saturated carbocycles. The molecule has 2 aromatic heterocycles. The van der Waals surface area contributed by atoms with Crippen molar-refractivity contribution in [1.29, 1.82) is 0 Å². The molecule has 17 heavy (non-hydrogen) atoms. The van der Waals surface area contributed by atoms with Gasteiger partial charge >= 0.3 is 0 Å². The zero-order valence-corrected chi connectivity index (χ0v) is 9.35. The third kappa shape index (κ3) is 1.96. The number of aliphatic hydroxyl groups excluding tert-OH is 1. The number of H-pyrrole nitrogens is 1. The second kappa shape index (κ2) is 4.31. The van der Waals surface area contributed by atoms with Crippen LogP contribution in [0.4, 0.5) is 5.82 Å². The van der Waals surface area contributed by atoms with Gasteiger partial charge < -0.3 is 20.7 Å².